The lowest BCUT2D eigenvalue weighted by atomic mass is 10.2. The Kier molecular flexibility index (Phi) is 6.15. The molecule has 8 heteroatoms. The van der Waals surface area contributed by atoms with Gasteiger partial charge in [-0.1, -0.05) is 6.92 Å². The quantitative estimate of drug-likeness (QED) is 0.616. The van der Waals surface area contributed by atoms with Crippen LogP contribution in [0.15, 0.2) is 42.7 Å². The molecule has 8 nitrogen and oxygen atoms in total. The van der Waals surface area contributed by atoms with Crippen LogP contribution in [0.2, 0.25) is 0 Å². The highest BCUT2D eigenvalue weighted by Gasteiger charge is 2.19. The number of hydrogen-bond acceptors (Lipinski definition) is 8. The molecule has 1 aromatic heterocycles. The topological polar surface area (TPSA) is 80.8 Å². The SMILES string of the molecule is CCN1CCNC(Oc2ccc(Nc3ncnc4cc(OC)c(OC)cc34)cc2)C1. The Morgan fingerprint density at radius 2 is 1.87 bits per heavy atom. The predicted octanol–water partition coefficient (Wildman–Crippen LogP) is 3.02. The van der Waals surface area contributed by atoms with E-state index in [0.717, 1.165) is 48.5 Å². The number of nitrogens with one attached hydrogen (secondary N) is 2. The summed E-state index contributed by atoms with van der Waals surface area (Å²) in [6.07, 6.45) is 1.54. The highest BCUT2D eigenvalue weighted by atomic mass is 16.5. The average Bonchev–Trinajstić information content (AvgIpc) is 2.79. The number of hydrogen-bond donors (Lipinski definition) is 2. The van der Waals surface area contributed by atoms with Crippen LogP contribution in [0.3, 0.4) is 0 Å². The number of likely N-dealkylation sites (N-methyl/N-ethyl adjacent to an activating group) is 1. The monoisotopic (exact) mass is 409 g/mol. The normalized spacial score (nSPS) is 17.0. The maximum Gasteiger partial charge on any atom is 0.163 e. The molecule has 1 unspecified atom stereocenters. The molecular weight excluding hydrogens is 382 g/mol. The molecule has 0 amide bonds. The molecule has 2 heterocycles. The van der Waals surface area contributed by atoms with Gasteiger partial charge in [-0.3, -0.25) is 10.2 Å². The van der Waals surface area contributed by atoms with E-state index in [4.69, 9.17) is 14.2 Å². The Bertz CT molecular complexity index is 996. The minimum Gasteiger partial charge on any atom is -0.493 e. The highest BCUT2D eigenvalue weighted by molar-refractivity contribution is 5.93. The van der Waals surface area contributed by atoms with E-state index in [1.54, 1.807) is 14.2 Å². The summed E-state index contributed by atoms with van der Waals surface area (Å²) in [6.45, 7) is 6.09. The van der Waals surface area contributed by atoms with Crippen molar-refractivity contribution in [1.82, 2.24) is 20.2 Å². The lowest BCUT2D eigenvalue weighted by molar-refractivity contribution is 0.0761. The standard InChI is InChI=1S/C22H27N5O3/c1-4-27-10-9-23-21(13-27)30-16-7-5-15(6-8-16)26-22-17-11-19(28-2)20(29-3)12-18(17)24-14-25-22/h5-8,11-12,14,21,23H,4,9-10,13H2,1-3H3,(H,24,25,26). The van der Waals surface area contributed by atoms with Crippen LogP contribution in [0.1, 0.15) is 6.92 Å². The first kappa shape index (κ1) is 20.2. The first-order valence-electron chi connectivity index (χ1n) is 10.1. The number of methoxy groups -OCH3 is 2. The summed E-state index contributed by atoms with van der Waals surface area (Å²) in [5, 5.41) is 7.61. The first-order valence-corrected chi connectivity index (χ1v) is 10.1. The molecule has 1 aliphatic heterocycles. The molecule has 0 bridgehead atoms. The maximum absolute atomic E-state index is 6.08. The second-order valence-electron chi connectivity index (χ2n) is 7.05. The van der Waals surface area contributed by atoms with Crippen LogP contribution in [-0.2, 0) is 0 Å². The van der Waals surface area contributed by atoms with E-state index in [0.29, 0.717) is 17.3 Å². The molecule has 0 spiro atoms. The molecule has 2 aromatic carbocycles. The lowest BCUT2D eigenvalue weighted by Crippen LogP contribution is -2.53. The van der Waals surface area contributed by atoms with Crippen molar-refractivity contribution in [2.24, 2.45) is 0 Å². The molecule has 158 valence electrons. The molecule has 0 aliphatic carbocycles. The van der Waals surface area contributed by atoms with Crippen LogP contribution in [0, 0.1) is 0 Å². The van der Waals surface area contributed by atoms with Gasteiger partial charge in [0, 0.05) is 36.8 Å². The largest absolute Gasteiger partial charge is 0.493 e. The van der Waals surface area contributed by atoms with Gasteiger partial charge < -0.3 is 19.5 Å². The van der Waals surface area contributed by atoms with Crippen molar-refractivity contribution in [1.29, 1.82) is 0 Å². The van der Waals surface area contributed by atoms with Crippen LogP contribution < -0.4 is 24.8 Å². The Morgan fingerprint density at radius 3 is 2.60 bits per heavy atom. The molecule has 0 radical (unpaired) electrons. The molecular formula is C22H27N5O3. The molecule has 2 N–H and O–H groups in total. The summed E-state index contributed by atoms with van der Waals surface area (Å²) in [4.78, 5) is 11.1. The van der Waals surface area contributed by atoms with E-state index in [-0.39, 0.29) is 6.23 Å². The number of piperazine rings is 1. The van der Waals surface area contributed by atoms with Gasteiger partial charge in [-0.25, -0.2) is 9.97 Å². The molecule has 3 aromatic rings. The van der Waals surface area contributed by atoms with Gasteiger partial charge in [-0.2, -0.15) is 0 Å². The second-order valence-corrected chi connectivity index (χ2v) is 7.05. The van der Waals surface area contributed by atoms with Gasteiger partial charge in [0.2, 0.25) is 0 Å². The molecule has 1 atom stereocenters. The summed E-state index contributed by atoms with van der Waals surface area (Å²) in [5.41, 5.74) is 1.68. The number of nitrogens with zero attached hydrogens (tertiary/aromatic N) is 3. The van der Waals surface area contributed by atoms with E-state index < -0.39 is 0 Å². The van der Waals surface area contributed by atoms with Crippen LogP contribution >= 0.6 is 0 Å². The number of anilines is 2. The summed E-state index contributed by atoms with van der Waals surface area (Å²) in [5.74, 6) is 2.79. The summed E-state index contributed by atoms with van der Waals surface area (Å²) in [7, 11) is 3.22. The number of benzene rings is 2. The van der Waals surface area contributed by atoms with E-state index >= 15 is 0 Å². The molecule has 0 saturated carbocycles. The zero-order valence-electron chi connectivity index (χ0n) is 17.5. The number of fused-ring (bicyclic) bond motifs is 1. The smallest absolute Gasteiger partial charge is 0.163 e. The number of aromatic nitrogens is 2. The van der Waals surface area contributed by atoms with Crippen LogP contribution in [-0.4, -0.2) is 61.5 Å². The Labute approximate surface area is 176 Å². The number of ether oxygens (including phenoxy) is 3. The van der Waals surface area contributed by atoms with Crippen molar-refractivity contribution in [3.63, 3.8) is 0 Å². The third-order valence-corrected chi connectivity index (χ3v) is 5.21. The fourth-order valence-electron chi connectivity index (χ4n) is 3.54. The molecule has 4 rings (SSSR count). The molecule has 1 saturated heterocycles. The van der Waals surface area contributed by atoms with E-state index in [1.165, 1.54) is 6.33 Å². The Morgan fingerprint density at radius 1 is 1.10 bits per heavy atom. The summed E-state index contributed by atoms with van der Waals surface area (Å²) < 4.78 is 16.9. The van der Waals surface area contributed by atoms with Crippen LogP contribution in [0.4, 0.5) is 11.5 Å². The number of rotatable bonds is 7. The van der Waals surface area contributed by atoms with E-state index in [9.17, 15) is 0 Å². The van der Waals surface area contributed by atoms with Gasteiger partial charge >= 0.3 is 0 Å². The van der Waals surface area contributed by atoms with Crippen LogP contribution in [0.5, 0.6) is 17.2 Å². The molecule has 1 fully saturated rings. The maximum atomic E-state index is 6.08. The highest BCUT2D eigenvalue weighted by Crippen LogP contribution is 2.34. The molecule has 1 aliphatic rings. The van der Waals surface area contributed by atoms with Gasteiger partial charge in [0.15, 0.2) is 17.7 Å². The third kappa shape index (κ3) is 4.39. The van der Waals surface area contributed by atoms with Gasteiger partial charge in [0.1, 0.15) is 17.9 Å². The van der Waals surface area contributed by atoms with Gasteiger partial charge in [0.25, 0.3) is 0 Å². The van der Waals surface area contributed by atoms with Gasteiger partial charge in [-0.05, 0) is 36.9 Å². The van der Waals surface area contributed by atoms with Crippen molar-refractivity contribution in [3.05, 3.63) is 42.7 Å². The minimum atomic E-state index is 0.00534. The van der Waals surface area contributed by atoms with E-state index in [2.05, 4.69) is 32.4 Å². The average molecular weight is 409 g/mol. The first-order chi connectivity index (χ1) is 14.7. The van der Waals surface area contributed by atoms with E-state index in [1.807, 2.05) is 36.4 Å². The van der Waals surface area contributed by atoms with Gasteiger partial charge in [-0.15, -0.1) is 0 Å². The minimum absolute atomic E-state index is 0.00534. The molecule has 30 heavy (non-hydrogen) atoms. The zero-order valence-corrected chi connectivity index (χ0v) is 17.5. The Balaban J connectivity index is 1.50. The van der Waals surface area contributed by atoms with Crippen molar-refractivity contribution >= 4 is 22.4 Å². The van der Waals surface area contributed by atoms with Crippen molar-refractivity contribution in [3.8, 4) is 17.2 Å². The zero-order chi connectivity index (χ0) is 20.9. The Hall–Kier alpha value is -3.10. The predicted molar refractivity (Wildman–Crippen MR) is 117 cm³/mol. The summed E-state index contributed by atoms with van der Waals surface area (Å²) in [6, 6.07) is 11.6. The van der Waals surface area contributed by atoms with Crippen LogP contribution in [0.25, 0.3) is 10.9 Å². The second kappa shape index (κ2) is 9.15. The fourth-order valence-corrected chi connectivity index (χ4v) is 3.54. The fraction of sp³-hybridized carbons (Fsp3) is 0.364. The lowest BCUT2D eigenvalue weighted by Gasteiger charge is -2.32. The summed E-state index contributed by atoms with van der Waals surface area (Å²) >= 11 is 0. The van der Waals surface area contributed by atoms with Crippen molar-refractivity contribution in [2.75, 3.05) is 45.7 Å². The van der Waals surface area contributed by atoms with Crippen molar-refractivity contribution in [2.45, 2.75) is 13.2 Å². The third-order valence-electron chi connectivity index (χ3n) is 5.21. The van der Waals surface area contributed by atoms with Gasteiger partial charge in [0.05, 0.1) is 19.7 Å². The van der Waals surface area contributed by atoms with Crippen molar-refractivity contribution < 1.29 is 14.2 Å².